The smallest absolute Gasteiger partial charge is 0.0961 e. The molecule has 0 aliphatic heterocycles. The molecule has 1 aromatic heterocycles. The lowest BCUT2D eigenvalue weighted by Crippen LogP contribution is -2.29. The zero-order valence-electron chi connectivity index (χ0n) is 12.1. The first kappa shape index (κ1) is 13.8. The molecular formula is C17H21NOS. The zero-order valence-corrected chi connectivity index (χ0v) is 12.9. The third-order valence-electron chi connectivity index (χ3n) is 4.18. The number of thiazole rings is 1. The van der Waals surface area contributed by atoms with Gasteiger partial charge in [0.05, 0.1) is 16.3 Å². The first-order valence-electron chi connectivity index (χ1n) is 7.18. The van der Waals surface area contributed by atoms with Gasteiger partial charge in [0.1, 0.15) is 0 Å². The van der Waals surface area contributed by atoms with Crippen molar-refractivity contribution in [1.82, 2.24) is 4.98 Å². The van der Waals surface area contributed by atoms with Crippen LogP contribution in [0.3, 0.4) is 0 Å². The normalized spacial score (nSPS) is 24.9. The molecule has 0 saturated heterocycles. The summed E-state index contributed by atoms with van der Waals surface area (Å²) in [7, 11) is 0. The molecule has 1 aromatic carbocycles. The summed E-state index contributed by atoms with van der Waals surface area (Å²) in [5, 5.41) is 13.9. The molecule has 20 heavy (non-hydrogen) atoms. The Kier molecular flexibility index (Phi) is 3.43. The lowest BCUT2D eigenvalue weighted by atomic mass is 9.88. The lowest BCUT2D eigenvalue weighted by molar-refractivity contribution is 0.0378. The summed E-state index contributed by atoms with van der Waals surface area (Å²) in [5.41, 5.74) is 1.86. The Morgan fingerprint density at radius 2 is 1.95 bits per heavy atom. The molecule has 1 heterocycles. The van der Waals surface area contributed by atoms with Crippen LogP contribution < -0.4 is 0 Å². The fourth-order valence-corrected chi connectivity index (χ4v) is 4.14. The Labute approximate surface area is 124 Å². The maximum atomic E-state index is 10.7. The van der Waals surface area contributed by atoms with Gasteiger partial charge in [-0.25, -0.2) is 4.98 Å². The van der Waals surface area contributed by atoms with Crippen LogP contribution in [0.25, 0.3) is 11.3 Å². The first-order valence-corrected chi connectivity index (χ1v) is 8.06. The molecule has 106 valence electrons. The number of aliphatic hydroxyl groups is 1. The van der Waals surface area contributed by atoms with Crippen LogP contribution in [0.1, 0.15) is 38.1 Å². The molecule has 1 unspecified atom stereocenters. The number of nitrogens with zero attached hydrogens (tertiary/aromatic N) is 1. The van der Waals surface area contributed by atoms with E-state index in [0.29, 0.717) is 6.42 Å². The van der Waals surface area contributed by atoms with Gasteiger partial charge < -0.3 is 5.11 Å². The van der Waals surface area contributed by atoms with Crippen LogP contribution in [0, 0.1) is 5.41 Å². The van der Waals surface area contributed by atoms with Gasteiger partial charge in [0, 0.05) is 17.4 Å². The van der Waals surface area contributed by atoms with E-state index in [2.05, 4.69) is 31.4 Å². The van der Waals surface area contributed by atoms with E-state index in [4.69, 9.17) is 4.98 Å². The predicted octanol–water partition coefficient (Wildman–Crippen LogP) is 4.29. The third-order valence-corrected chi connectivity index (χ3v) is 5.03. The van der Waals surface area contributed by atoms with Crippen molar-refractivity contribution in [2.75, 3.05) is 0 Å². The van der Waals surface area contributed by atoms with Crippen LogP contribution in [0.2, 0.25) is 0 Å². The summed E-state index contributed by atoms with van der Waals surface area (Å²) in [6, 6.07) is 10.2. The highest BCUT2D eigenvalue weighted by molar-refractivity contribution is 7.09. The Hall–Kier alpha value is -1.19. The quantitative estimate of drug-likeness (QED) is 0.913. The van der Waals surface area contributed by atoms with E-state index in [9.17, 15) is 5.11 Å². The predicted molar refractivity (Wildman–Crippen MR) is 83.8 cm³/mol. The van der Waals surface area contributed by atoms with Crippen LogP contribution in [-0.4, -0.2) is 15.7 Å². The molecule has 1 saturated carbocycles. The summed E-state index contributed by atoms with van der Waals surface area (Å²) in [5.74, 6) is 0. The van der Waals surface area contributed by atoms with Crippen molar-refractivity contribution in [2.24, 2.45) is 5.41 Å². The number of rotatable bonds is 3. The minimum Gasteiger partial charge on any atom is -0.389 e. The van der Waals surface area contributed by atoms with E-state index >= 15 is 0 Å². The van der Waals surface area contributed by atoms with Crippen molar-refractivity contribution in [2.45, 2.75) is 45.1 Å². The molecule has 0 amide bonds. The van der Waals surface area contributed by atoms with Crippen molar-refractivity contribution < 1.29 is 5.11 Å². The molecule has 1 atom stereocenters. The van der Waals surface area contributed by atoms with Gasteiger partial charge in [-0.2, -0.15) is 0 Å². The second kappa shape index (κ2) is 4.97. The summed E-state index contributed by atoms with van der Waals surface area (Å²) < 4.78 is 0. The lowest BCUT2D eigenvalue weighted by Gasteiger charge is -2.24. The molecule has 2 nitrogen and oxygen atoms in total. The standard InChI is InChI=1S/C17H21NOS/c1-16(2)8-9-17(19,12-16)10-15-18-14(11-20-15)13-6-4-3-5-7-13/h3-7,11,19H,8-10,12H2,1-2H3. The van der Waals surface area contributed by atoms with Gasteiger partial charge in [-0.1, -0.05) is 44.2 Å². The average molecular weight is 287 g/mol. The molecule has 0 bridgehead atoms. The van der Waals surface area contributed by atoms with Gasteiger partial charge in [0.25, 0.3) is 0 Å². The second-order valence-corrected chi connectivity index (χ2v) is 7.68. The highest BCUT2D eigenvalue weighted by Gasteiger charge is 2.42. The van der Waals surface area contributed by atoms with E-state index in [1.807, 2.05) is 18.2 Å². The summed E-state index contributed by atoms with van der Waals surface area (Å²) in [4.78, 5) is 4.70. The highest BCUT2D eigenvalue weighted by atomic mass is 32.1. The van der Waals surface area contributed by atoms with Crippen molar-refractivity contribution >= 4 is 11.3 Å². The maximum Gasteiger partial charge on any atom is 0.0961 e. The number of aromatic nitrogens is 1. The van der Waals surface area contributed by atoms with Crippen LogP contribution in [0.5, 0.6) is 0 Å². The minimum atomic E-state index is -0.560. The first-order chi connectivity index (χ1) is 9.46. The van der Waals surface area contributed by atoms with Crippen LogP contribution in [-0.2, 0) is 6.42 Å². The Balaban J connectivity index is 1.75. The van der Waals surface area contributed by atoms with Gasteiger partial charge in [0.15, 0.2) is 0 Å². The number of hydrogen-bond donors (Lipinski definition) is 1. The van der Waals surface area contributed by atoms with E-state index in [1.54, 1.807) is 11.3 Å². The molecule has 0 spiro atoms. The minimum absolute atomic E-state index is 0.258. The van der Waals surface area contributed by atoms with E-state index in [1.165, 1.54) is 0 Å². The molecular weight excluding hydrogens is 266 g/mol. The molecule has 1 aliphatic carbocycles. The maximum absolute atomic E-state index is 10.7. The zero-order chi connectivity index (χ0) is 14.2. The molecule has 1 fully saturated rings. The fraction of sp³-hybridized carbons (Fsp3) is 0.471. The average Bonchev–Trinajstić information content (AvgIpc) is 2.95. The summed E-state index contributed by atoms with van der Waals surface area (Å²) in [6.07, 6.45) is 3.55. The molecule has 3 rings (SSSR count). The molecule has 0 radical (unpaired) electrons. The van der Waals surface area contributed by atoms with Crippen molar-refractivity contribution in [3.05, 3.63) is 40.7 Å². The van der Waals surface area contributed by atoms with Gasteiger partial charge >= 0.3 is 0 Å². The van der Waals surface area contributed by atoms with E-state index in [-0.39, 0.29) is 5.41 Å². The van der Waals surface area contributed by atoms with E-state index < -0.39 is 5.60 Å². The highest BCUT2D eigenvalue weighted by Crippen LogP contribution is 2.45. The SMILES string of the molecule is CC1(C)CCC(O)(Cc2nc(-c3ccccc3)cs2)C1. The summed E-state index contributed by atoms with van der Waals surface area (Å²) >= 11 is 1.66. The second-order valence-electron chi connectivity index (χ2n) is 6.73. The van der Waals surface area contributed by atoms with Crippen molar-refractivity contribution in [3.63, 3.8) is 0 Å². The molecule has 1 aliphatic rings. The fourth-order valence-electron chi connectivity index (χ4n) is 3.20. The van der Waals surface area contributed by atoms with Crippen LogP contribution >= 0.6 is 11.3 Å². The van der Waals surface area contributed by atoms with Gasteiger partial charge in [-0.15, -0.1) is 11.3 Å². The van der Waals surface area contributed by atoms with Crippen molar-refractivity contribution in [3.8, 4) is 11.3 Å². The van der Waals surface area contributed by atoms with Gasteiger partial charge in [-0.05, 0) is 24.7 Å². The van der Waals surface area contributed by atoms with Gasteiger partial charge in [-0.3, -0.25) is 0 Å². The summed E-state index contributed by atoms with van der Waals surface area (Å²) in [6.45, 7) is 4.48. The van der Waals surface area contributed by atoms with E-state index in [0.717, 1.165) is 35.5 Å². The largest absolute Gasteiger partial charge is 0.389 e. The van der Waals surface area contributed by atoms with Crippen LogP contribution in [0.4, 0.5) is 0 Å². The molecule has 2 aromatic rings. The number of benzene rings is 1. The Morgan fingerprint density at radius 3 is 2.60 bits per heavy atom. The third kappa shape index (κ3) is 2.94. The topological polar surface area (TPSA) is 33.1 Å². The Bertz CT molecular complexity index is 590. The van der Waals surface area contributed by atoms with Crippen molar-refractivity contribution in [1.29, 1.82) is 0 Å². The molecule has 3 heteroatoms. The Morgan fingerprint density at radius 1 is 1.20 bits per heavy atom. The molecule has 1 N–H and O–H groups in total. The number of hydrogen-bond acceptors (Lipinski definition) is 3. The van der Waals surface area contributed by atoms with Gasteiger partial charge in [0.2, 0.25) is 0 Å². The van der Waals surface area contributed by atoms with Crippen LogP contribution in [0.15, 0.2) is 35.7 Å². The monoisotopic (exact) mass is 287 g/mol.